The van der Waals surface area contributed by atoms with Crippen molar-refractivity contribution in [3.8, 4) is 0 Å². The lowest BCUT2D eigenvalue weighted by Crippen LogP contribution is -2.44. The molecule has 1 saturated carbocycles. The van der Waals surface area contributed by atoms with Crippen LogP contribution in [0.3, 0.4) is 0 Å². The fourth-order valence-corrected chi connectivity index (χ4v) is 1.93. The van der Waals surface area contributed by atoms with Gasteiger partial charge in [-0.2, -0.15) is 0 Å². The van der Waals surface area contributed by atoms with Gasteiger partial charge in [-0.15, -0.1) is 0 Å². The Balaban J connectivity index is 1.66. The molecule has 2 rings (SSSR count). The van der Waals surface area contributed by atoms with E-state index in [1.54, 1.807) is 0 Å². The zero-order chi connectivity index (χ0) is 9.97. The molecule has 0 aromatic rings. The summed E-state index contributed by atoms with van der Waals surface area (Å²) < 4.78 is 0. The molecule has 0 radical (unpaired) electrons. The molecule has 2 fully saturated rings. The second-order valence-corrected chi connectivity index (χ2v) is 4.38. The fraction of sp³-hybridized carbons (Fsp3) is 0.900. The minimum absolute atomic E-state index is 0.0681. The zero-order valence-electron chi connectivity index (χ0n) is 8.54. The summed E-state index contributed by atoms with van der Waals surface area (Å²) in [5, 5.41) is 2.91. The third-order valence-corrected chi connectivity index (χ3v) is 3.11. The number of amides is 2. The lowest BCUT2D eigenvalue weighted by Gasteiger charge is -2.18. The number of rotatable bonds is 3. The van der Waals surface area contributed by atoms with Crippen molar-refractivity contribution in [1.29, 1.82) is 0 Å². The van der Waals surface area contributed by atoms with E-state index < -0.39 is 0 Å². The molecule has 1 atom stereocenters. The molecule has 2 aliphatic rings. The zero-order valence-corrected chi connectivity index (χ0v) is 8.54. The SMILES string of the molecule is NC(CNC(=O)N1CCCC1)C1CC1. The summed E-state index contributed by atoms with van der Waals surface area (Å²) in [6, 6.07) is 0.236. The highest BCUT2D eigenvalue weighted by Crippen LogP contribution is 2.31. The summed E-state index contributed by atoms with van der Waals surface area (Å²) in [6.45, 7) is 2.45. The van der Waals surface area contributed by atoms with Gasteiger partial charge in [0.15, 0.2) is 0 Å². The first-order valence-corrected chi connectivity index (χ1v) is 5.56. The van der Waals surface area contributed by atoms with E-state index >= 15 is 0 Å². The van der Waals surface area contributed by atoms with Crippen LogP contribution in [0.1, 0.15) is 25.7 Å². The number of nitrogens with zero attached hydrogens (tertiary/aromatic N) is 1. The van der Waals surface area contributed by atoms with E-state index in [1.165, 1.54) is 12.8 Å². The summed E-state index contributed by atoms with van der Waals surface area (Å²) >= 11 is 0. The van der Waals surface area contributed by atoms with Crippen molar-refractivity contribution in [2.24, 2.45) is 11.7 Å². The molecule has 4 nitrogen and oxygen atoms in total. The molecule has 4 heteroatoms. The Morgan fingerprint density at radius 2 is 2.07 bits per heavy atom. The summed E-state index contributed by atoms with van der Waals surface area (Å²) in [6.07, 6.45) is 4.76. The molecule has 1 unspecified atom stereocenters. The van der Waals surface area contributed by atoms with Gasteiger partial charge >= 0.3 is 6.03 Å². The topological polar surface area (TPSA) is 58.4 Å². The number of nitrogens with two attached hydrogens (primary N) is 1. The molecule has 14 heavy (non-hydrogen) atoms. The van der Waals surface area contributed by atoms with Crippen LogP contribution in [-0.4, -0.2) is 36.6 Å². The van der Waals surface area contributed by atoms with E-state index in [4.69, 9.17) is 5.73 Å². The second-order valence-electron chi connectivity index (χ2n) is 4.38. The number of carbonyl (C=O) groups excluding carboxylic acids is 1. The Kier molecular flexibility index (Phi) is 2.91. The predicted molar refractivity (Wildman–Crippen MR) is 54.9 cm³/mol. The monoisotopic (exact) mass is 197 g/mol. The first-order valence-electron chi connectivity index (χ1n) is 5.56. The summed E-state index contributed by atoms with van der Waals surface area (Å²) in [5.74, 6) is 0.661. The predicted octanol–water partition coefficient (Wildman–Crippen LogP) is 0.529. The molecule has 1 aliphatic carbocycles. The van der Waals surface area contributed by atoms with Crippen LogP contribution in [0, 0.1) is 5.92 Å². The Hall–Kier alpha value is -0.770. The van der Waals surface area contributed by atoms with Crippen LogP contribution in [0.2, 0.25) is 0 Å². The van der Waals surface area contributed by atoms with Gasteiger partial charge in [-0.25, -0.2) is 4.79 Å². The number of hydrogen-bond acceptors (Lipinski definition) is 2. The lowest BCUT2D eigenvalue weighted by atomic mass is 10.2. The molecule has 1 saturated heterocycles. The molecule has 0 aromatic heterocycles. The largest absolute Gasteiger partial charge is 0.336 e. The summed E-state index contributed by atoms with van der Waals surface area (Å²) in [5.41, 5.74) is 5.89. The van der Waals surface area contributed by atoms with Gasteiger partial charge in [0.1, 0.15) is 0 Å². The van der Waals surface area contributed by atoms with Crippen molar-refractivity contribution in [1.82, 2.24) is 10.2 Å². The Bertz CT molecular complexity index is 209. The third kappa shape index (κ3) is 2.38. The molecular weight excluding hydrogens is 178 g/mol. The van der Waals surface area contributed by atoms with Gasteiger partial charge in [0, 0.05) is 25.7 Å². The maximum Gasteiger partial charge on any atom is 0.317 e. The van der Waals surface area contributed by atoms with Crippen LogP contribution in [0.5, 0.6) is 0 Å². The third-order valence-electron chi connectivity index (χ3n) is 3.11. The normalized spacial score (nSPS) is 23.6. The van der Waals surface area contributed by atoms with Crippen molar-refractivity contribution in [2.75, 3.05) is 19.6 Å². The van der Waals surface area contributed by atoms with Crippen LogP contribution in [-0.2, 0) is 0 Å². The molecular formula is C10H19N3O. The van der Waals surface area contributed by atoms with Gasteiger partial charge in [0.05, 0.1) is 0 Å². The van der Waals surface area contributed by atoms with Crippen LogP contribution in [0.15, 0.2) is 0 Å². The van der Waals surface area contributed by atoms with Crippen LogP contribution in [0.25, 0.3) is 0 Å². The number of nitrogens with one attached hydrogen (secondary N) is 1. The minimum Gasteiger partial charge on any atom is -0.336 e. The quantitative estimate of drug-likeness (QED) is 0.693. The lowest BCUT2D eigenvalue weighted by molar-refractivity contribution is 0.208. The first kappa shape index (κ1) is 9.77. The second kappa shape index (κ2) is 4.17. The minimum atomic E-state index is 0.0681. The standard InChI is InChI=1S/C10H19N3O/c11-9(8-3-4-8)7-12-10(14)13-5-1-2-6-13/h8-9H,1-7,11H2,(H,12,14). The van der Waals surface area contributed by atoms with E-state index in [9.17, 15) is 4.79 Å². The van der Waals surface area contributed by atoms with Crippen molar-refractivity contribution in [3.05, 3.63) is 0 Å². The van der Waals surface area contributed by atoms with E-state index in [1.807, 2.05) is 4.90 Å². The summed E-state index contributed by atoms with van der Waals surface area (Å²) in [4.78, 5) is 13.4. The Labute approximate surface area is 84.8 Å². The average molecular weight is 197 g/mol. The van der Waals surface area contributed by atoms with Gasteiger partial charge in [-0.05, 0) is 31.6 Å². The van der Waals surface area contributed by atoms with Crippen molar-refractivity contribution < 1.29 is 4.79 Å². The smallest absolute Gasteiger partial charge is 0.317 e. The van der Waals surface area contributed by atoms with Crippen molar-refractivity contribution in [3.63, 3.8) is 0 Å². The molecule has 80 valence electrons. The van der Waals surface area contributed by atoms with Gasteiger partial charge in [0.2, 0.25) is 0 Å². The number of carbonyl (C=O) groups is 1. The Morgan fingerprint density at radius 1 is 1.43 bits per heavy atom. The molecule has 0 aromatic carbocycles. The maximum absolute atomic E-state index is 11.6. The highest BCUT2D eigenvalue weighted by atomic mass is 16.2. The van der Waals surface area contributed by atoms with E-state index in [2.05, 4.69) is 5.32 Å². The highest BCUT2D eigenvalue weighted by molar-refractivity contribution is 5.74. The van der Waals surface area contributed by atoms with Gasteiger partial charge in [0.25, 0.3) is 0 Å². The van der Waals surface area contributed by atoms with Crippen LogP contribution < -0.4 is 11.1 Å². The summed E-state index contributed by atoms with van der Waals surface area (Å²) in [7, 11) is 0. The number of hydrogen-bond donors (Lipinski definition) is 2. The van der Waals surface area contributed by atoms with E-state index in [-0.39, 0.29) is 12.1 Å². The molecule has 2 amide bonds. The van der Waals surface area contributed by atoms with Crippen LogP contribution >= 0.6 is 0 Å². The molecule has 0 spiro atoms. The highest BCUT2D eigenvalue weighted by Gasteiger charge is 2.29. The Morgan fingerprint density at radius 3 is 2.64 bits per heavy atom. The molecule has 1 aliphatic heterocycles. The maximum atomic E-state index is 11.6. The average Bonchev–Trinajstić information content (AvgIpc) is 2.90. The van der Waals surface area contributed by atoms with Gasteiger partial charge < -0.3 is 16.0 Å². The number of likely N-dealkylation sites (tertiary alicyclic amines) is 1. The van der Waals surface area contributed by atoms with Crippen LogP contribution in [0.4, 0.5) is 4.79 Å². The van der Waals surface area contributed by atoms with Crippen molar-refractivity contribution in [2.45, 2.75) is 31.7 Å². The molecule has 0 bridgehead atoms. The van der Waals surface area contributed by atoms with Gasteiger partial charge in [-0.3, -0.25) is 0 Å². The molecule has 3 N–H and O–H groups in total. The molecule has 1 heterocycles. The van der Waals surface area contributed by atoms with E-state index in [0.29, 0.717) is 12.5 Å². The first-order chi connectivity index (χ1) is 6.77. The fourth-order valence-electron chi connectivity index (χ4n) is 1.93. The number of urea groups is 1. The van der Waals surface area contributed by atoms with Gasteiger partial charge in [-0.1, -0.05) is 0 Å². The van der Waals surface area contributed by atoms with E-state index in [0.717, 1.165) is 25.9 Å². The van der Waals surface area contributed by atoms with Crippen molar-refractivity contribution >= 4 is 6.03 Å².